The van der Waals surface area contributed by atoms with E-state index in [9.17, 15) is 18.0 Å². The van der Waals surface area contributed by atoms with Crippen LogP contribution < -0.4 is 0 Å². The van der Waals surface area contributed by atoms with Gasteiger partial charge in [-0.3, -0.25) is 4.79 Å². The zero-order valence-corrected chi connectivity index (χ0v) is 19.8. The van der Waals surface area contributed by atoms with E-state index in [0.29, 0.717) is 17.0 Å². The summed E-state index contributed by atoms with van der Waals surface area (Å²) in [6, 6.07) is 16.1. The molecule has 0 radical (unpaired) electrons. The van der Waals surface area contributed by atoms with Crippen molar-refractivity contribution < 1.29 is 22.7 Å². The summed E-state index contributed by atoms with van der Waals surface area (Å²) in [6.45, 7) is 6.20. The van der Waals surface area contributed by atoms with Crippen LogP contribution in [0.15, 0.2) is 60.7 Å². The summed E-state index contributed by atoms with van der Waals surface area (Å²) in [6.07, 6.45) is -3.26. The van der Waals surface area contributed by atoms with E-state index in [1.807, 2.05) is 25.1 Å². The summed E-state index contributed by atoms with van der Waals surface area (Å²) in [4.78, 5) is 14.0. The van der Waals surface area contributed by atoms with Gasteiger partial charge in [0.05, 0.1) is 11.4 Å². The monoisotopic (exact) mass is 470 g/mol. The van der Waals surface area contributed by atoms with E-state index in [0.717, 1.165) is 30.2 Å². The van der Waals surface area contributed by atoms with Crippen molar-refractivity contribution in [1.82, 2.24) is 9.78 Å². The maximum Gasteiger partial charge on any atom is 0.431 e. The smallest absolute Gasteiger partial charge is 0.356 e. The Hall–Kier alpha value is -2.93. The van der Waals surface area contributed by atoms with Gasteiger partial charge < -0.3 is 4.74 Å². The Morgan fingerprint density at radius 1 is 1.03 bits per heavy atom. The molecule has 2 aromatic carbocycles. The summed E-state index contributed by atoms with van der Waals surface area (Å²) in [7, 11) is 0.920. The average Bonchev–Trinajstić information content (AvgIpc) is 3.21. The van der Waals surface area contributed by atoms with Gasteiger partial charge in [0.2, 0.25) is 0 Å². The third-order valence-electron chi connectivity index (χ3n) is 6.94. The number of fused-ring (bicyclic) bond motifs is 1. The summed E-state index contributed by atoms with van der Waals surface area (Å²) >= 11 is 0. The van der Waals surface area contributed by atoms with Crippen molar-refractivity contribution in [2.45, 2.75) is 57.2 Å². The SMILES string of the molecule is CO[C@](C(=O)n1nc2c(c1-c1ccccc1)[C@H](C)CC[C@@H]2C(C)C)(c1ccccc1)C(F)(F)F. The largest absolute Gasteiger partial charge is 0.431 e. The molecule has 4 rings (SSSR count). The number of carbonyl (C=O) groups is 1. The van der Waals surface area contributed by atoms with E-state index in [2.05, 4.69) is 18.9 Å². The molecule has 1 heterocycles. The Kier molecular flexibility index (Phi) is 6.42. The van der Waals surface area contributed by atoms with Crippen molar-refractivity contribution in [3.8, 4) is 11.3 Å². The van der Waals surface area contributed by atoms with Gasteiger partial charge in [-0.05, 0) is 24.7 Å². The van der Waals surface area contributed by atoms with Gasteiger partial charge >= 0.3 is 6.18 Å². The number of halogens is 3. The quantitative estimate of drug-likeness (QED) is 0.406. The Morgan fingerprint density at radius 3 is 2.15 bits per heavy atom. The van der Waals surface area contributed by atoms with Gasteiger partial charge in [-0.25, -0.2) is 0 Å². The van der Waals surface area contributed by atoms with Crippen molar-refractivity contribution in [2.24, 2.45) is 5.92 Å². The lowest BCUT2D eigenvalue weighted by Crippen LogP contribution is -2.53. The zero-order chi connectivity index (χ0) is 24.7. The maximum atomic E-state index is 14.7. The molecule has 0 N–H and O–H groups in total. The number of ether oxygens (including phenoxy) is 1. The molecule has 0 amide bonds. The minimum Gasteiger partial charge on any atom is -0.356 e. The molecule has 0 unspecified atom stereocenters. The highest BCUT2D eigenvalue weighted by Gasteiger charge is 2.64. The molecule has 1 aliphatic rings. The molecule has 180 valence electrons. The van der Waals surface area contributed by atoms with Crippen molar-refractivity contribution >= 4 is 5.91 Å². The van der Waals surface area contributed by atoms with E-state index in [1.165, 1.54) is 24.3 Å². The number of aromatic nitrogens is 2. The van der Waals surface area contributed by atoms with Crippen LogP contribution in [-0.2, 0) is 10.3 Å². The second-order valence-electron chi connectivity index (χ2n) is 9.31. The highest BCUT2D eigenvalue weighted by atomic mass is 19.4. The molecule has 34 heavy (non-hydrogen) atoms. The van der Waals surface area contributed by atoms with Crippen LogP contribution in [-0.4, -0.2) is 29.0 Å². The Balaban J connectivity index is 2.04. The summed E-state index contributed by atoms with van der Waals surface area (Å²) in [5.41, 5.74) is -0.841. The molecule has 4 nitrogen and oxygen atoms in total. The fraction of sp³-hybridized carbons (Fsp3) is 0.407. The minimum atomic E-state index is -5.01. The van der Waals surface area contributed by atoms with Crippen LogP contribution in [0.1, 0.15) is 67.1 Å². The molecular weight excluding hydrogens is 441 g/mol. The highest BCUT2D eigenvalue weighted by Crippen LogP contribution is 2.48. The first kappa shape index (κ1) is 24.2. The van der Waals surface area contributed by atoms with Crippen molar-refractivity contribution in [1.29, 1.82) is 0 Å². The predicted octanol–water partition coefficient (Wildman–Crippen LogP) is 6.93. The first-order valence-corrected chi connectivity index (χ1v) is 11.5. The van der Waals surface area contributed by atoms with Gasteiger partial charge in [0.15, 0.2) is 0 Å². The highest BCUT2D eigenvalue weighted by molar-refractivity contribution is 5.93. The van der Waals surface area contributed by atoms with Gasteiger partial charge in [-0.2, -0.15) is 23.0 Å². The molecule has 1 aliphatic carbocycles. The Morgan fingerprint density at radius 2 is 1.62 bits per heavy atom. The topological polar surface area (TPSA) is 44.1 Å². The standard InChI is InChI=1S/C27H29F3N2O2/c1-17(2)21-16-15-18(3)22-23(21)31-32(24(22)19-11-7-5-8-12-19)25(33)26(34-4,27(28,29)30)20-13-9-6-10-14-20/h5-14,17-18,21H,15-16H2,1-4H3/t18-,21-,26+/m1/s1. The molecular formula is C27H29F3N2O2. The Labute approximate surface area is 197 Å². The van der Waals surface area contributed by atoms with E-state index in [4.69, 9.17) is 4.74 Å². The summed E-state index contributed by atoms with van der Waals surface area (Å²) in [5, 5.41) is 4.62. The molecule has 7 heteroatoms. The zero-order valence-electron chi connectivity index (χ0n) is 19.8. The lowest BCUT2D eigenvalue weighted by molar-refractivity contribution is -0.254. The maximum absolute atomic E-state index is 14.7. The number of alkyl halides is 3. The van der Waals surface area contributed by atoms with Crippen LogP contribution in [0.25, 0.3) is 11.3 Å². The van der Waals surface area contributed by atoms with Gasteiger partial charge in [0.1, 0.15) is 0 Å². The molecule has 0 fully saturated rings. The normalized spacial score (nSPS) is 20.1. The Bertz CT molecular complexity index is 1160. The molecule has 0 bridgehead atoms. The van der Waals surface area contributed by atoms with Gasteiger partial charge in [-0.1, -0.05) is 81.4 Å². The second-order valence-corrected chi connectivity index (χ2v) is 9.31. The third-order valence-corrected chi connectivity index (χ3v) is 6.94. The van der Waals surface area contributed by atoms with Gasteiger partial charge in [0.25, 0.3) is 11.5 Å². The number of rotatable bonds is 5. The molecule has 0 saturated carbocycles. The molecule has 1 aromatic heterocycles. The summed E-state index contributed by atoms with van der Waals surface area (Å²) < 4.78 is 50.2. The lowest BCUT2D eigenvalue weighted by atomic mass is 9.75. The number of methoxy groups -OCH3 is 1. The summed E-state index contributed by atoms with van der Waals surface area (Å²) in [5.74, 6) is -0.919. The van der Waals surface area contributed by atoms with E-state index < -0.39 is 17.7 Å². The van der Waals surface area contributed by atoms with E-state index in [-0.39, 0.29) is 23.3 Å². The van der Waals surface area contributed by atoms with Crippen molar-refractivity contribution in [2.75, 3.05) is 7.11 Å². The number of nitrogens with zero attached hydrogens (tertiary/aromatic N) is 2. The molecule has 0 spiro atoms. The van der Waals surface area contributed by atoms with Crippen LogP contribution in [0.4, 0.5) is 13.2 Å². The molecule has 3 aromatic rings. The van der Waals surface area contributed by atoms with Crippen LogP contribution in [0.5, 0.6) is 0 Å². The van der Waals surface area contributed by atoms with Crippen LogP contribution in [0.3, 0.4) is 0 Å². The van der Waals surface area contributed by atoms with E-state index >= 15 is 0 Å². The van der Waals surface area contributed by atoms with Crippen molar-refractivity contribution in [3.05, 3.63) is 77.5 Å². The predicted molar refractivity (Wildman–Crippen MR) is 125 cm³/mol. The van der Waals surface area contributed by atoms with Crippen LogP contribution >= 0.6 is 0 Å². The second kappa shape index (κ2) is 9.02. The minimum absolute atomic E-state index is 0.0568. The first-order valence-electron chi connectivity index (χ1n) is 11.5. The third kappa shape index (κ3) is 3.76. The molecule has 3 atom stereocenters. The lowest BCUT2D eigenvalue weighted by Gasteiger charge is -2.33. The van der Waals surface area contributed by atoms with Crippen LogP contribution in [0.2, 0.25) is 0 Å². The number of benzene rings is 2. The first-order chi connectivity index (χ1) is 16.1. The number of hydrogen-bond acceptors (Lipinski definition) is 3. The average molecular weight is 471 g/mol. The van der Waals surface area contributed by atoms with E-state index in [1.54, 1.807) is 18.2 Å². The molecule has 0 aliphatic heterocycles. The fourth-order valence-electron chi connectivity index (χ4n) is 5.14. The number of carbonyl (C=O) groups excluding carboxylic acids is 1. The van der Waals surface area contributed by atoms with Gasteiger partial charge in [0, 0.05) is 29.7 Å². The van der Waals surface area contributed by atoms with Crippen molar-refractivity contribution in [3.63, 3.8) is 0 Å². The van der Waals surface area contributed by atoms with Crippen LogP contribution in [0, 0.1) is 5.92 Å². The van der Waals surface area contributed by atoms with Gasteiger partial charge in [-0.15, -0.1) is 0 Å². The number of hydrogen-bond donors (Lipinski definition) is 0. The fourth-order valence-corrected chi connectivity index (χ4v) is 5.14. The molecule has 0 saturated heterocycles.